The molecule has 1 heterocycles. The van der Waals surface area contributed by atoms with Gasteiger partial charge in [-0.15, -0.1) is 12.4 Å². The van der Waals surface area contributed by atoms with Crippen LogP contribution in [0.5, 0.6) is 0 Å². The van der Waals surface area contributed by atoms with E-state index in [0.29, 0.717) is 6.42 Å². The molecule has 1 aliphatic rings. The molecule has 2 rings (SSSR count). The predicted molar refractivity (Wildman–Crippen MR) is 81.5 cm³/mol. The van der Waals surface area contributed by atoms with Crippen LogP contribution >= 0.6 is 12.4 Å². The summed E-state index contributed by atoms with van der Waals surface area (Å²) in [5.74, 6) is 0.278. The van der Waals surface area contributed by atoms with Gasteiger partial charge in [0.1, 0.15) is 0 Å². The summed E-state index contributed by atoms with van der Waals surface area (Å²) in [5.41, 5.74) is 7.76. The third-order valence-electron chi connectivity index (χ3n) is 3.62. The number of nitrogens with two attached hydrogens (primary N) is 1. The number of aryl methyl sites for hydroxylation is 1. The van der Waals surface area contributed by atoms with Gasteiger partial charge in [-0.3, -0.25) is 4.79 Å². The highest BCUT2D eigenvalue weighted by molar-refractivity contribution is 5.85. The minimum absolute atomic E-state index is 0. The van der Waals surface area contributed by atoms with Crippen molar-refractivity contribution in [2.24, 2.45) is 0 Å². The van der Waals surface area contributed by atoms with Gasteiger partial charge in [-0.2, -0.15) is 0 Å². The van der Waals surface area contributed by atoms with E-state index in [4.69, 9.17) is 5.73 Å². The van der Waals surface area contributed by atoms with E-state index >= 15 is 0 Å². The first-order valence-corrected chi connectivity index (χ1v) is 6.88. The van der Waals surface area contributed by atoms with Crippen LogP contribution in [0.2, 0.25) is 0 Å². The maximum atomic E-state index is 12.1. The minimum atomic E-state index is 0. The monoisotopic (exact) mass is 282 g/mol. The number of hydrogen-bond donors (Lipinski definition) is 1. The van der Waals surface area contributed by atoms with Gasteiger partial charge < -0.3 is 10.6 Å². The van der Waals surface area contributed by atoms with Crippen LogP contribution in [0.4, 0.5) is 5.69 Å². The van der Waals surface area contributed by atoms with E-state index in [1.165, 1.54) is 12.8 Å². The Kier molecular flexibility index (Phi) is 6.71. The van der Waals surface area contributed by atoms with Crippen LogP contribution in [0.25, 0.3) is 0 Å². The summed E-state index contributed by atoms with van der Waals surface area (Å²) in [6, 6.07) is 7.80. The lowest BCUT2D eigenvalue weighted by atomic mass is 10.1. The maximum absolute atomic E-state index is 12.1. The molecule has 1 aliphatic heterocycles. The third-order valence-corrected chi connectivity index (χ3v) is 3.62. The van der Waals surface area contributed by atoms with Crippen LogP contribution in [0.3, 0.4) is 0 Å². The van der Waals surface area contributed by atoms with Crippen LogP contribution in [-0.4, -0.2) is 23.9 Å². The number of halogens is 1. The number of para-hydroxylation sites is 1. The molecule has 3 nitrogen and oxygen atoms in total. The number of nitrogens with zero attached hydrogens (tertiary/aromatic N) is 1. The average molecular weight is 283 g/mol. The van der Waals surface area contributed by atoms with E-state index in [0.717, 1.165) is 43.6 Å². The fourth-order valence-electron chi connectivity index (χ4n) is 2.48. The summed E-state index contributed by atoms with van der Waals surface area (Å²) in [7, 11) is 0. The molecule has 1 aromatic carbocycles. The van der Waals surface area contributed by atoms with Crippen molar-refractivity contribution in [2.75, 3.05) is 18.8 Å². The molecule has 1 fully saturated rings. The number of carbonyl (C=O) groups excluding carboxylic acids is 1. The van der Waals surface area contributed by atoms with Gasteiger partial charge in [0.25, 0.3) is 0 Å². The quantitative estimate of drug-likeness (QED) is 0.866. The molecule has 0 aliphatic carbocycles. The number of nitrogen functional groups attached to an aromatic ring is 1. The normalized spacial score (nSPS) is 15.5. The molecule has 1 saturated heterocycles. The molecule has 0 aromatic heterocycles. The van der Waals surface area contributed by atoms with Gasteiger partial charge in [-0.25, -0.2) is 0 Å². The number of carbonyl (C=O) groups is 1. The molecule has 2 N–H and O–H groups in total. The summed E-state index contributed by atoms with van der Waals surface area (Å²) < 4.78 is 0. The van der Waals surface area contributed by atoms with E-state index in [2.05, 4.69) is 0 Å². The number of likely N-dealkylation sites (tertiary alicyclic amines) is 1. The molecule has 0 saturated carbocycles. The molecule has 1 aromatic rings. The molecule has 0 unspecified atom stereocenters. The zero-order chi connectivity index (χ0) is 12.8. The van der Waals surface area contributed by atoms with Gasteiger partial charge in [0.2, 0.25) is 5.91 Å². The van der Waals surface area contributed by atoms with Crippen molar-refractivity contribution in [2.45, 2.75) is 38.5 Å². The van der Waals surface area contributed by atoms with Crippen molar-refractivity contribution in [3.05, 3.63) is 29.8 Å². The summed E-state index contributed by atoms with van der Waals surface area (Å²) in [5, 5.41) is 0. The Bertz CT molecular complexity index is 401. The highest BCUT2D eigenvalue weighted by atomic mass is 35.5. The molecule has 0 atom stereocenters. The SMILES string of the molecule is Cl.Nc1ccccc1CCC(=O)N1CCCCCC1. The minimum Gasteiger partial charge on any atom is -0.399 e. The lowest BCUT2D eigenvalue weighted by molar-refractivity contribution is -0.131. The molecule has 4 heteroatoms. The first-order chi connectivity index (χ1) is 8.77. The molecule has 106 valence electrons. The predicted octanol–water partition coefficient (Wildman–Crippen LogP) is 3.03. The molecule has 0 radical (unpaired) electrons. The van der Waals surface area contributed by atoms with Gasteiger partial charge in [0.15, 0.2) is 0 Å². The van der Waals surface area contributed by atoms with Crippen molar-refractivity contribution in [1.82, 2.24) is 4.90 Å². The van der Waals surface area contributed by atoms with Crippen molar-refractivity contribution in [3.8, 4) is 0 Å². The molecule has 1 amide bonds. The van der Waals surface area contributed by atoms with Crippen molar-refractivity contribution < 1.29 is 4.79 Å². The second-order valence-electron chi connectivity index (χ2n) is 4.99. The van der Waals surface area contributed by atoms with Gasteiger partial charge >= 0.3 is 0 Å². The zero-order valence-corrected chi connectivity index (χ0v) is 12.1. The first-order valence-electron chi connectivity index (χ1n) is 6.88. The topological polar surface area (TPSA) is 46.3 Å². The number of rotatable bonds is 3. The summed E-state index contributed by atoms with van der Waals surface area (Å²) >= 11 is 0. The van der Waals surface area contributed by atoms with Crippen LogP contribution in [0, 0.1) is 0 Å². The Balaban J connectivity index is 0.00000180. The fraction of sp³-hybridized carbons (Fsp3) is 0.533. The third kappa shape index (κ3) is 4.75. The van der Waals surface area contributed by atoms with E-state index < -0.39 is 0 Å². The van der Waals surface area contributed by atoms with Crippen LogP contribution < -0.4 is 5.73 Å². The largest absolute Gasteiger partial charge is 0.399 e. The van der Waals surface area contributed by atoms with Gasteiger partial charge in [-0.1, -0.05) is 31.0 Å². The van der Waals surface area contributed by atoms with Gasteiger partial charge in [0, 0.05) is 25.2 Å². The van der Waals surface area contributed by atoms with Crippen LogP contribution in [0.15, 0.2) is 24.3 Å². The number of anilines is 1. The Morgan fingerprint density at radius 3 is 2.37 bits per heavy atom. The number of amides is 1. The van der Waals surface area contributed by atoms with Crippen LogP contribution in [0.1, 0.15) is 37.7 Å². The smallest absolute Gasteiger partial charge is 0.222 e. The summed E-state index contributed by atoms with van der Waals surface area (Å²) in [6.45, 7) is 1.87. The van der Waals surface area contributed by atoms with Gasteiger partial charge in [-0.05, 0) is 30.9 Å². The second kappa shape index (κ2) is 8.05. The van der Waals surface area contributed by atoms with E-state index in [9.17, 15) is 4.79 Å². The number of hydrogen-bond acceptors (Lipinski definition) is 2. The summed E-state index contributed by atoms with van der Waals surface area (Å²) in [4.78, 5) is 14.1. The first kappa shape index (κ1) is 15.8. The zero-order valence-electron chi connectivity index (χ0n) is 11.3. The Morgan fingerprint density at radius 1 is 1.11 bits per heavy atom. The Labute approximate surface area is 121 Å². The van der Waals surface area contributed by atoms with Gasteiger partial charge in [0.05, 0.1) is 0 Å². The highest BCUT2D eigenvalue weighted by Gasteiger charge is 2.15. The van der Waals surface area contributed by atoms with Crippen molar-refractivity contribution in [1.29, 1.82) is 0 Å². The second-order valence-corrected chi connectivity index (χ2v) is 4.99. The average Bonchev–Trinajstić information content (AvgIpc) is 2.66. The lowest BCUT2D eigenvalue weighted by Gasteiger charge is -2.20. The molecular formula is C15H23ClN2O. The Hall–Kier alpha value is -1.22. The van der Waals surface area contributed by atoms with E-state index in [1.54, 1.807) is 0 Å². The maximum Gasteiger partial charge on any atom is 0.222 e. The summed E-state index contributed by atoms with van der Waals surface area (Å²) in [6.07, 6.45) is 6.15. The molecular weight excluding hydrogens is 260 g/mol. The highest BCUT2D eigenvalue weighted by Crippen LogP contribution is 2.15. The number of benzene rings is 1. The van der Waals surface area contributed by atoms with E-state index in [-0.39, 0.29) is 18.3 Å². The fourth-order valence-corrected chi connectivity index (χ4v) is 2.48. The van der Waals surface area contributed by atoms with Crippen molar-refractivity contribution >= 4 is 24.0 Å². The molecule has 0 spiro atoms. The van der Waals surface area contributed by atoms with Crippen molar-refractivity contribution in [3.63, 3.8) is 0 Å². The standard InChI is InChI=1S/C15H22N2O.ClH/c16-14-8-4-3-7-13(14)9-10-15(18)17-11-5-1-2-6-12-17;/h3-4,7-8H,1-2,5-6,9-12,16H2;1H. The Morgan fingerprint density at radius 2 is 1.74 bits per heavy atom. The van der Waals surface area contributed by atoms with Crippen LogP contribution in [-0.2, 0) is 11.2 Å². The lowest BCUT2D eigenvalue weighted by Crippen LogP contribution is -2.31. The molecule has 19 heavy (non-hydrogen) atoms. The molecule has 0 bridgehead atoms. The van der Waals surface area contributed by atoms with E-state index in [1.807, 2.05) is 29.2 Å².